The van der Waals surface area contributed by atoms with E-state index >= 15 is 0 Å². The maximum atomic E-state index is 10.8. The van der Waals surface area contributed by atoms with Crippen molar-refractivity contribution >= 4 is 6.41 Å². The molecule has 1 aliphatic rings. The van der Waals surface area contributed by atoms with E-state index in [-0.39, 0.29) is 6.04 Å². The molecule has 0 bridgehead atoms. The molecule has 1 fully saturated rings. The lowest BCUT2D eigenvalue weighted by atomic mass is 10.0. The van der Waals surface area contributed by atoms with Crippen molar-refractivity contribution in [3.05, 3.63) is 29.6 Å². The molecule has 3 heteroatoms. The monoisotopic (exact) mass is 190 g/mol. The molecule has 0 aliphatic carbocycles. The summed E-state index contributed by atoms with van der Waals surface area (Å²) in [7, 11) is 0. The first-order valence-corrected chi connectivity index (χ1v) is 4.94. The van der Waals surface area contributed by atoms with E-state index in [4.69, 9.17) is 0 Å². The topological polar surface area (TPSA) is 33.2 Å². The van der Waals surface area contributed by atoms with Gasteiger partial charge < -0.3 is 4.90 Å². The highest BCUT2D eigenvalue weighted by molar-refractivity contribution is 5.50. The molecule has 0 aromatic carbocycles. The fourth-order valence-electron chi connectivity index (χ4n) is 2.07. The maximum absolute atomic E-state index is 10.8. The zero-order chi connectivity index (χ0) is 9.97. The Labute approximate surface area is 83.8 Å². The Morgan fingerprint density at radius 2 is 2.50 bits per heavy atom. The van der Waals surface area contributed by atoms with Crippen molar-refractivity contribution in [2.75, 3.05) is 6.54 Å². The molecule has 1 atom stereocenters. The lowest BCUT2D eigenvalue weighted by molar-refractivity contribution is -0.118. The van der Waals surface area contributed by atoms with E-state index in [2.05, 4.69) is 11.9 Å². The van der Waals surface area contributed by atoms with Gasteiger partial charge >= 0.3 is 0 Å². The van der Waals surface area contributed by atoms with Gasteiger partial charge in [-0.3, -0.25) is 9.78 Å². The van der Waals surface area contributed by atoms with E-state index in [1.807, 2.05) is 17.2 Å². The van der Waals surface area contributed by atoms with Gasteiger partial charge in [-0.25, -0.2) is 0 Å². The molecule has 0 spiro atoms. The van der Waals surface area contributed by atoms with Crippen molar-refractivity contribution in [2.24, 2.45) is 0 Å². The molecule has 3 nitrogen and oxygen atoms in total. The number of pyridine rings is 1. The second-order valence-corrected chi connectivity index (χ2v) is 3.73. The molecule has 74 valence electrons. The van der Waals surface area contributed by atoms with Crippen molar-refractivity contribution in [3.8, 4) is 0 Å². The second kappa shape index (κ2) is 3.78. The number of aryl methyl sites for hydroxylation is 1. The lowest BCUT2D eigenvalue weighted by Crippen LogP contribution is -2.21. The van der Waals surface area contributed by atoms with Crippen molar-refractivity contribution in [2.45, 2.75) is 25.8 Å². The number of carbonyl (C=O) groups is 1. The number of amides is 1. The summed E-state index contributed by atoms with van der Waals surface area (Å²) in [5, 5.41) is 0. The van der Waals surface area contributed by atoms with Gasteiger partial charge in [0.2, 0.25) is 6.41 Å². The molecule has 1 amide bonds. The molecule has 1 saturated heterocycles. The molecule has 2 heterocycles. The molecule has 1 aromatic rings. The summed E-state index contributed by atoms with van der Waals surface area (Å²) in [4.78, 5) is 16.8. The van der Waals surface area contributed by atoms with Gasteiger partial charge in [0.05, 0.1) is 6.04 Å². The van der Waals surface area contributed by atoms with Crippen LogP contribution in [0, 0.1) is 6.92 Å². The Balaban J connectivity index is 2.30. The van der Waals surface area contributed by atoms with Gasteiger partial charge in [0, 0.05) is 18.9 Å². The summed E-state index contributed by atoms with van der Waals surface area (Å²) in [6.45, 7) is 2.95. The van der Waals surface area contributed by atoms with Gasteiger partial charge in [-0.2, -0.15) is 0 Å². The predicted molar refractivity (Wildman–Crippen MR) is 53.7 cm³/mol. The highest BCUT2D eigenvalue weighted by Crippen LogP contribution is 2.31. The van der Waals surface area contributed by atoms with Crippen LogP contribution in [0.1, 0.15) is 30.0 Å². The van der Waals surface area contributed by atoms with Crippen LogP contribution < -0.4 is 0 Å². The summed E-state index contributed by atoms with van der Waals surface area (Å²) < 4.78 is 0. The van der Waals surface area contributed by atoms with Crippen molar-refractivity contribution < 1.29 is 4.79 Å². The van der Waals surface area contributed by atoms with E-state index in [0.717, 1.165) is 25.8 Å². The van der Waals surface area contributed by atoms with Crippen molar-refractivity contribution in [1.29, 1.82) is 0 Å². The fraction of sp³-hybridized carbons (Fsp3) is 0.455. The molecular weight excluding hydrogens is 176 g/mol. The number of carbonyl (C=O) groups excluding carboxylic acids is 1. The van der Waals surface area contributed by atoms with E-state index in [9.17, 15) is 4.79 Å². The van der Waals surface area contributed by atoms with Crippen LogP contribution in [-0.4, -0.2) is 22.8 Å². The maximum Gasteiger partial charge on any atom is 0.210 e. The third-order valence-corrected chi connectivity index (χ3v) is 2.87. The Morgan fingerprint density at radius 1 is 1.64 bits per heavy atom. The third-order valence-electron chi connectivity index (χ3n) is 2.87. The molecule has 0 saturated carbocycles. The Bertz CT molecular complexity index is 338. The zero-order valence-corrected chi connectivity index (χ0v) is 8.31. The van der Waals surface area contributed by atoms with Crippen LogP contribution in [0.5, 0.6) is 0 Å². The van der Waals surface area contributed by atoms with E-state index in [1.54, 1.807) is 6.20 Å². The van der Waals surface area contributed by atoms with Crippen LogP contribution >= 0.6 is 0 Å². The van der Waals surface area contributed by atoms with Crippen LogP contribution in [0.3, 0.4) is 0 Å². The standard InChI is InChI=1S/C11H14N2O/c1-9-4-5-12-7-10(9)11-3-2-6-13(11)8-14/h4-5,7-8,11H,2-3,6H2,1H3/t11-/m0/s1. The van der Waals surface area contributed by atoms with Gasteiger partial charge in [0.25, 0.3) is 0 Å². The van der Waals surface area contributed by atoms with Gasteiger partial charge in [-0.1, -0.05) is 0 Å². The van der Waals surface area contributed by atoms with Crippen molar-refractivity contribution in [1.82, 2.24) is 9.88 Å². The van der Waals surface area contributed by atoms with E-state index in [1.165, 1.54) is 11.1 Å². The van der Waals surface area contributed by atoms with Crippen molar-refractivity contribution in [3.63, 3.8) is 0 Å². The normalized spacial score (nSPS) is 21.2. The van der Waals surface area contributed by atoms with Gasteiger partial charge in [-0.05, 0) is 37.0 Å². The molecular formula is C11H14N2O. The molecule has 1 aliphatic heterocycles. The summed E-state index contributed by atoms with van der Waals surface area (Å²) in [5.74, 6) is 0. The molecule has 0 radical (unpaired) electrons. The quantitative estimate of drug-likeness (QED) is 0.665. The first-order valence-electron chi connectivity index (χ1n) is 4.94. The first kappa shape index (κ1) is 9.19. The number of nitrogens with zero attached hydrogens (tertiary/aromatic N) is 2. The fourth-order valence-corrected chi connectivity index (χ4v) is 2.07. The summed E-state index contributed by atoms with van der Waals surface area (Å²) in [6, 6.07) is 2.25. The number of hydrogen-bond donors (Lipinski definition) is 0. The molecule has 1 aromatic heterocycles. The van der Waals surface area contributed by atoms with Crippen LogP contribution in [0.25, 0.3) is 0 Å². The van der Waals surface area contributed by atoms with Gasteiger partial charge in [-0.15, -0.1) is 0 Å². The number of aromatic nitrogens is 1. The molecule has 0 unspecified atom stereocenters. The Hall–Kier alpha value is -1.38. The van der Waals surface area contributed by atoms with Crippen LogP contribution in [-0.2, 0) is 4.79 Å². The minimum absolute atomic E-state index is 0.251. The van der Waals surface area contributed by atoms with Gasteiger partial charge in [0.1, 0.15) is 0 Å². The zero-order valence-electron chi connectivity index (χ0n) is 8.31. The van der Waals surface area contributed by atoms with E-state index in [0.29, 0.717) is 0 Å². The Morgan fingerprint density at radius 3 is 3.21 bits per heavy atom. The van der Waals surface area contributed by atoms with Crippen LogP contribution in [0.15, 0.2) is 18.5 Å². The number of hydrogen-bond acceptors (Lipinski definition) is 2. The third kappa shape index (κ3) is 1.50. The minimum atomic E-state index is 0.251. The smallest absolute Gasteiger partial charge is 0.210 e. The average Bonchev–Trinajstić information content (AvgIpc) is 2.66. The second-order valence-electron chi connectivity index (χ2n) is 3.73. The number of likely N-dealkylation sites (tertiary alicyclic amines) is 1. The average molecular weight is 190 g/mol. The summed E-state index contributed by atoms with van der Waals surface area (Å²) in [5.41, 5.74) is 2.41. The molecule has 2 rings (SSSR count). The Kier molecular flexibility index (Phi) is 2.48. The largest absolute Gasteiger partial charge is 0.338 e. The minimum Gasteiger partial charge on any atom is -0.338 e. The molecule has 0 N–H and O–H groups in total. The van der Waals surface area contributed by atoms with E-state index < -0.39 is 0 Å². The highest BCUT2D eigenvalue weighted by atomic mass is 16.1. The summed E-state index contributed by atoms with van der Waals surface area (Å²) in [6.07, 6.45) is 6.77. The van der Waals surface area contributed by atoms with Crippen LogP contribution in [0.2, 0.25) is 0 Å². The number of rotatable bonds is 2. The predicted octanol–water partition coefficient (Wildman–Crippen LogP) is 1.68. The van der Waals surface area contributed by atoms with Gasteiger partial charge in [0.15, 0.2) is 0 Å². The first-order chi connectivity index (χ1) is 6.83. The van der Waals surface area contributed by atoms with Crippen LogP contribution in [0.4, 0.5) is 0 Å². The lowest BCUT2D eigenvalue weighted by Gasteiger charge is -2.21. The molecule has 14 heavy (non-hydrogen) atoms. The summed E-state index contributed by atoms with van der Waals surface area (Å²) >= 11 is 0. The SMILES string of the molecule is Cc1ccncc1[C@@H]1CCCN1C=O. The highest BCUT2D eigenvalue weighted by Gasteiger charge is 2.25.